The minimum atomic E-state index is -0.277. The summed E-state index contributed by atoms with van der Waals surface area (Å²) in [5, 5.41) is 6.47. The van der Waals surface area contributed by atoms with Crippen LogP contribution in [0.1, 0.15) is 0 Å². The molecular weight excluding hydrogens is 329 g/mol. The van der Waals surface area contributed by atoms with E-state index in [4.69, 9.17) is 0 Å². The maximum atomic E-state index is 13.1. The van der Waals surface area contributed by atoms with Gasteiger partial charge >= 0.3 is 0 Å². The molecular formula is C20H22FN5. The molecule has 3 rings (SSSR count). The van der Waals surface area contributed by atoms with Crippen LogP contribution in [0.3, 0.4) is 0 Å². The van der Waals surface area contributed by atoms with E-state index in [0.29, 0.717) is 5.95 Å². The van der Waals surface area contributed by atoms with Crippen LogP contribution in [0.4, 0.5) is 21.8 Å². The van der Waals surface area contributed by atoms with Gasteiger partial charge in [0.05, 0.1) is 5.69 Å². The Balaban J connectivity index is 1.87. The van der Waals surface area contributed by atoms with Crippen LogP contribution >= 0.6 is 0 Å². The second-order valence-corrected chi connectivity index (χ2v) is 6.19. The van der Waals surface area contributed by atoms with Gasteiger partial charge in [0, 0.05) is 30.4 Å². The minimum Gasteiger partial charge on any atom is -0.369 e. The third kappa shape index (κ3) is 5.00. The Hall–Kier alpha value is -2.99. The minimum absolute atomic E-state index is 0.277. The van der Waals surface area contributed by atoms with Crippen LogP contribution in [0.2, 0.25) is 0 Å². The third-order valence-corrected chi connectivity index (χ3v) is 3.76. The van der Waals surface area contributed by atoms with Gasteiger partial charge in [-0.25, -0.2) is 9.37 Å². The first-order chi connectivity index (χ1) is 12.6. The van der Waals surface area contributed by atoms with E-state index in [9.17, 15) is 4.39 Å². The van der Waals surface area contributed by atoms with Gasteiger partial charge in [-0.05, 0) is 38.4 Å². The molecule has 0 atom stereocenters. The topological polar surface area (TPSA) is 53.1 Å². The maximum absolute atomic E-state index is 13.1. The Kier molecular flexibility index (Phi) is 5.76. The number of aromatic nitrogens is 2. The number of nitrogens with one attached hydrogen (secondary N) is 2. The third-order valence-electron chi connectivity index (χ3n) is 3.76. The van der Waals surface area contributed by atoms with Gasteiger partial charge in [0.1, 0.15) is 11.6 Å². The molecule has 0 aliphatic heterocycles. The molecule has 1 aromatic heterocycles. The lowest BCUT2D eigenvalue weighted by atomic mass is 10.1. The molecule has 0 aliphatic carbocycles. The summed E-state index contributed by atoms with van der Waals surface area (Å²) in [6.45, 7) is 1.67. The van der Waals surface area contributed by atoms with Crippen molar-refractivity contribution in [3.63, 3.8) is 0 Å². The predicted molar refractivity (Wildman–Crippen MR) is 104 cm³/mol. The molecule has 0 saturated carbocycles. The number of hydrogen-bond donors (Lipinski definition) is 2. The van der Waals surface area contributed by atoms with Gasteiger partial charge in [0.2, 0.25) is 5.95 Å². The van der Waals surface area contributed by atoms with Crippen LogP contribution < -0.4 is 10.6 Å². The largest absolute Gasteiger partial charge is 0.369 e. The van der Waals surface area contributed by atoms with Crippen LogP contribution in [0.15, 0.2) is 60.7 Å². The molecule has 0 bridgehead atoms. The van der Waals surface area contributed by atoms with E-state index < -0.39 is 0 Å². The molecule has 1 heterocycles. The van der Waals surface area contributed by atoms with Gasteiger partial charge in [0.25, 0.3) is 0 Å². The molecule has 6 heteroatoms. The van der Waals surface area contributed by atoms with E-state index in [1.165, 1.54) is 12.1 Å². The molecule has 0 fully saturated rings. The number of halogens is 1. The Morgan fingerprint density at radius 3 is 2.38 bits per heavy atom. The van der Waals surface area contributed by atoms with Crippen LogP contribution in [0.5, 0.6) is 0 Å². The van der Waals surface area contributed by atoms with Gasteiger partial charge < -0.3 is 15.5 Å². The first-order valence-electron chi connectivity index (χ1n) is 8.46. The van der Waals surface area contributed by atoms with Crippen molar-refractivity contribution in [3.8, 4) is 11.3 Å². The average molecular weight is 351 g/mol. The second-order valence-electron chi connectivity index (χ2n) is 6.19. The quantitative estimate of drug-likeness (QED) is 0.674. The predicted octanol–water partition coefficient (Wildman–Crippen LogP) is 4.00. The van der Waals surface area contributed by atoms with Crippen molar-refractivity contribution in [2.45, 2.75) is 0 Å². The zero-order valence-corrected chi connectivity index (χ0v) is 14.9. The molecule has 0 unspecified atom stereocenters. The fourth-order valence-electron chi connectivity index (χ4n) is 2.42. The molecule has 0 spiro atoms. The van der Waals surface area contributed by atoms with Crippen molar-refractivity contribution >= 4 is 17.5 Å². The zero-order chi connectivity index (χ0) is 18.4. The highest BCUT2D eigenvalue weighted by molar-refractivity contribution is 5.66. The van der Waals surface area contributed by atoms with E-state index in [0.717, 1.165) is 35.9 Å². The summed E-state index contributed by atoms with van der Waals surface area (Å²) in [4.78, 5) is 11.2. The Morgan fingerprint density at radius 1 is 0.962 bits per heavy atom. The van der Waals surface area contributed by atoms with Crippen molar-refractivity contribution in [3.05, 3.63) is 66.5 Å². The van der Waals surface area contributed by atoms with Crippen LogP contribution in [0, 0.1) is 5.82 Å². The van der Waals surface area contributed by atoms with Crippen molar-refractivity contribution < 1.29 is 4.39 Å². The molecule has 5 nitrogen and oxygen atoms in total. The van der Waals surface area contributed by atoms with Crippen molar-refractivity contribution in [1.29, 1.82) is 0 Å². The molecule has 2 aromatic carbocycles. The average Bonchev–Trinajstić information content (AvgIpc) is 2.64. The molecule has 26 heavy (non-hydrogen) atoms. The van der Waals surface area contributed by atoms with Crippen molar-refractivity contribution in [1.82, 2.24) is 14.9 Å². The summed E-state index contributed by atoms with van der Waals surface area (Å²) < 4.78 is 13.1. The van der Waals surface area contributed by atoms with Gasteiger partial charge in [-0.2, -0.15) is 4.98 Å². The first kappa shape index (κ1) is 17.8. The summed E-state index contributed by atoms with van der Waals surface area (Å²) in [6, 6.07) is 18.0. The summed E-state index contributed by atoms with van der Waals surface area (Å²) in [5.74, 6) is 0.927. The molecule has 0 saturated heterocycles. The molecule has 134 valence electrons. The van der Waals surface area contributed by atoms with Crippen LogP contribution in [0.25, 0.3) is 11.3 Å². The molecule has 0 radical (unpaired) electrons. The standard InChI is InChI=1S/C20H22FN5/c1-26(2)13-12-22-19-14-18(15-6-4-3-5-7-15)24-20(25-19)23-17-10-8-16(21)9-11-17/h3-11,14H,12-13H2,1-2H3,(H2,22,23,24,25). The number of nitrogens with zero attached hydrogens (tertiary/aromatic N) is 3. The van der Waals surface area contributed by atoms with E-state index in [-0.39, 0.29) is 5.82 Å². The first-order valence-corrected chi connectivity index (χ1v) is 8.46. The summed E-state index contributed by atoms with van der Waals surface area (Å²) in [7, 11) is 4.05. The van der Waals surface area contributed by atoms with E-state index in [1.807, 2.05) is 50.5 Å². The molecule has 2 N–H and O–H groups in total. The number of benzene rings is 2. The van der Waals surface area contributed by atoms with E-state index >= 15 is 0 Å². The summed E-state index contributed by atoms with van der Waals surface area (Å²) in [5.41, 5.74) is 2.56. The Morgan fingerprint density at radius 2 is 1.69 bits per heavy atom. The number of hydrogen-bond acceptors (Lipinski definition) is 5. The van der Waals surface area contributed by atoms with Gasteiger partial charge in [-0.15, -0.1) is 0 Å². The normalized spacial score (nSPS) is 10.8. The lowest BCUT2D eigenvalue weighted by Gasteiger charge is -2.13. The smallest absolute Gasteiger partial charge is 0.229 e. The van der Waals surface area contributed by atoms with Gasteiger partial charge in [-0.3, -0.25) is 0 Å². The number of anilines is 3. The molecule has 0 aliphatic rings. The molecule has 0 amide bonds. The fourth-order valence-corrected chi connectivity index (χ4v) is 2.42. The second kappa shape index (κ2) is 8.40. The van der Waals surface area contributed by atoms with Crippen molar-refractivity contribution in [2.75, 3.05) is 37.8 Å². The SMILES string of the molecule is CN(C)CCNc1cc(-c2ccccc2)nc(Nc2ccc(F)cc2)n1. The maximum Gasteiger partial charge on any atom is 0.229 e. The van der Waals surface area contributed by atoms with E-state index in [2.05, 4.69) is 25.5 Å². The summed E-state index contributed by atoms with van der Waals surface area (Å²) >= 11 is 0. The number of rotatable bonds is 7. The zero-order valence-electron chi connectivity index (χ0n) is 14.9. The Bertz CT molecular complexity index is 835. The fraction of sp³-hybridized carbons (Fsp3) is 0.200. The van der Waals surface area contributed by atoms with Crippen LogP contribution in [-0.4, -0.2) is 42.1 Å². The monoisotopic (exact) mass is 351 g/mol. The lowest BCUT2D eigenvalue weighted by molar-refractivity contribution is 0.425. The highest BCUT2D eigenvalue weighted by Crippen LogP contribution is 2.23. The number of likely N-dealkylation sites (N-methyl/N-ethyl adjacent to an activating group) is 1. The van der Waals surface area contributed by atoms with Crippen LogP contribution in [-0.2, 0) is 0 Å². The highest BCUT2D eigenvalue weighted by atomic mass is 19.1. The molecule has 3 aromatic rings. The van der Waals surface area contributed by atoms with E-state index in [1.54, 1.807) is 12.1 Å². The van der Waals surface area contributed by atoms with Gasteiger partial charge in [-0.1, -0.05) is 30.3 Å². The highest BCUT2D eigenvalue weighted by Gasteiger charge is 2.07. The lowest BCUT2D eigenvalue weighted by Crippen LogP contribution is -2.21. The summed E-state index contributed by atoms with van der Waals surface area (Å²) in [6.07, 6.45) is 0. The Labute approximate surface area is 152 Å². The van der Waals surface area contributed by atoms with Gasteiger partial charge in [0.15, 0.2) is 0 Å². The van der Waals surface area contributed by atoms with Crippen molar-refractivity contribution in [2.24, 2.45) is 0 Å².